The average molecular weight is 468 g/mol. The Hall–Kier alpha value is -3.13. The van der Waals surface area contributed by atoms with E-state index < -0.39 is 22.5 Å². The van der Waals surface area contributed by atoms with Gasteiger partial charge in [-0.15, -0.1) is 0 Å². The molecule has 2 heterocycles. The number of sulfonamides is 1. The van der Waals surface area contributed by atoms with Crippen molar-refractivity contribution >= 4 is 32.4 Å². The monoisotopic (exact) mass is 467 g/mol. The van der Waals surface area contributed by atoms with Crippen LogP contribution in [0.2, 0.25) is 0 Å². The van der Waals surface area contributed by atoms with Crippen molar-refractivity contribution in [3.63, 3.8) is 0 Å². The summed E-state index contributed by atoms with van der Waals surface area (Å²) >= 11 is 0. The minimum Gasteiger partial charge on any atom is -0.368 e. The van der Waals surface area contributed by atoms with Crippen molar-refractivity contribution < 1.29 is 18.0 Å². The Morgan fingerprint density at radius 1 is 0.939 bits per heavy atom. The van der Waals surface area contributed by atoms with Gasteiger partial charge in [-0.25, -0.2) is 12.7 Å². The van der Waals surface area contributed by atoms with Crippen LogP contribution in [0.5, 0.6) is 0 Å². The second kappa shape index (κ2) is 9.02. The van der Waals surface area contributed by atoms with Gasteiger partial charge in [-0.1, -0.05) is 56.3 Å². The van der Waals surface area contributed by atoms with Crippen LogP contribution < -0.4 is 4.90 Å². The number of carbonyl (C=O) groups is 2. The Morgan fingerprint density at radius 3 is 2.12 bits per heavy atom. The van der Waals surface area contributed by atoms with E-state index in [2.05, 4.69) is 18.7 Å². The van der Waals surface area contributed by atoms with Gasteiger partial charge in [0, 0.05) is 37.4 Å². The maximum absolute atomic E-state index is 13.3. The molecule has 33 heavy (non-hydrogen) atoms. The zero-order valence-electron chi connectivity index (χ0n) is 19.2. The summed E-state index contributed by atoms with van der Waals surface area (Å²) in [5.74, 6) is -0.675. The number of anilines is 1. The maximum Gasteiger partial charge on any atom is 0.268 e. The molecular formula is C25H29N3O4S. The van der Waals surface area contributed by atoms with Gasteiger partial charge in [0.25, 0.3) is 15.9 Å². The summed E-state index contributed by atoms with van der Waals surface area (Å²) in [4.78, 5) is 29.6. The highest BCUT2D eigenvalue weighted by Crippen LogP contribution is 2.36. The summed E-state index contributed by atoms with van der Waals surface area (Å²) in [6, 6.07) is 17.2. The molecule has 0 atom stereocenters. The van der Waals surface area contributed by atoms with Gasteiger partial charge < -0.3 is 9.80 Å². The fourth-order valence-corrected chi connectivity index (χ4v) is 6.08. The molecular weight excluding hydrogens is 438 g/mol. The summed E-state index contributed by atoms with van der Waals surface area (Å²) in [6.45, 7) is 7.41. The van der Waals surface area contributed by atoms with Crippen LogP contribution in [0.15, 0.2) is 60.2 Å². The van der Waals surface area contributed by atoms with E-state index in [1.807, 2.05) is 42.5 Å². The molecule has 0 radical (unpaired) electrons. The maximum atomic E-state index is 13.3. The van der Waals surface area contributed by atoms with E-state index in [9.17, 15) is 18.0 Å². The number of hydrogen-bond donors (Lipinski definition) is 0. The highest BCUT2D eigenvalue weighted by Gasteiger charge is 2.43. The van der Waals surface area contributed by atoms with Crippen LogP contribution in [0, 0.1) is 0 Å². The summed E-state index contributed by atoms with van der Waals surface area (Å²) in [5.41, 5.74) is 2.79. The molecule has 0 unspecified atom stereocenters. The summed E-state index contributed by atoms with van der Waals surface area (Å²) in [5, 5.41) is 0. The SMILES string of the molecule is CC1=C(c2ccc(C(C)C)cc2)S(=O)(=O)N(CC(=O)N2CCN(c3ccccc3)CC2)C1=O. The normalized spacial score (nSPS) is 18.4. The zero-order valence-corrected chi connectivity index (χ0v) is 20.0. The second-order valence-corrected chi connectivity index (χ2v) is 10.6. The number of nitrogens with zero attached hydrogens (tertiary/aromatic N) is 3. The molecule has 0 saturated carbocycles. The van der Waals surface area contributed by atoms with Crippen molar-refractivity contribution in [2.75, 3.05) is 37.6 Å². The predicted molar refractivity (Wildman–Crippen MR) is 129 cm³/mol. The van der Waals surface area contributed by atoms with Gasteiger partial charge >= 0.3 is 0 Å². The van der Waals surface area contributed by atoms with Crippen molar-refractivity contribution in [1.82, 2.24) is 9.21 Å². The molecule has 7 nitrogen and oxygen atoms in total. The molecule has 4 rings (SSSR count). The Balaban J connectivity index is 1.46. The first-order valence-electron chi connectivity index (χ1n) is 11.2. The third-order valence-electron chi connectivity index (χ3n) is 6.31. The molecule has 2 amide bonds. The van der Waals surface area contributed by atoms with Crippen LogP contribution >= 0.6 is 0 Å². The lowest BCUT2D eigenvalue weighted by Crippen LogP contribution is -2.52. The lowest BCUT2D eigenvalue weighted by Gasteiger charge is -2.36. The smallest absolute Gasteiger partial charge is 0.268 e. The number of hydrogen-bond acceptors (Lipinski definition) is 5. The van der Waals surface area contributed by atoms with Crippen molar-refractivity contribution in [1.29, 1.82) is 0 Å². The van der Waals surface area contributed by atoms with Crippen LogP contribution in [0.4, 0.5) is 5.69 Å². The largest absolute Gasteiger partial charge is 0.368 e. The van der Waals surface area contributed by atoms with E-state index >= 15 is 0 Å². The van der Waals surface area contributed by atoms with Crippen molar-refractivity contribution in [2.24, 2.45) is 0 Å². The van der Waals surface area contributed by atoms with Crippen molar-refractivity contribution in [2.45, 2.75) is 26.7 Å². The molecule has 8 heteroatoms. The van der Waals surface area contributed by atoms with Gasteiger partial charge in [0.05, 0.1) is 0 Å². The van der Waals surface area contributed by atoms with Gasteiger partial charge in [-0.2, -0.15) is 0 Å². The quantitative estimate of drug-likeness (QED) is 0.675. The summed E-state index contributed by atoms with van der Waals surface area (Å²) < 4.78 is 27.2. The van der Waals surface area contributed by atoms with Crippen LogP contribution in [-0.4, -0.2) is 62.2 Å². The second-order valence-electron chi connectivity index (χ2n) is 8.75. The number of para-hydroxylation sites is 1. The van der Waals surface area contributed by atoms with Crippen LogP contribution in [0.25, 0.3) is 4.91 Å². The number of benzene rings is 2. The van der Waals surface area contributed by atoms with E-state index in [-0.39, 0.29) is 16.4 Å². The van der Waals surface area contributed by atoms with Gasteiger partial charge in [-0.05, 0) is 36.1 Å². The molecule has 1 fully saturated rings. The van der Waals surface area contributed by atoms with Gasteiger partial charge in [0.15, 0.2) is 0 Å². The van der Waals surface area contributed by atoms with E-state index in [1.165, 1.54) is 6.92 Å². The Bertz CT molecular complexity index is 1180. The molecule has 0 N–H and O–H groups in total. The Kier molecular flexibility index (Phi) is 6.30. The predicted octanol–water partition coefficient (Wildman–Crippen LogP) is 3.06. The third-order valence-corrected chi connectivity index (χ3v) is 8.24. The molecule has 2 aliphatic heterocycles. The number of carbonyl (C=O) groups excluding carboxylic acids is 2. The number of amides is 2. The third kappa shape index (κ3) is 4.39. The molecule has 0 bridgehead atoms. The first-order chi connectivity index (χ1) is 15.7. The lowest BCUT2D eigenvalue weighted by atomic mass is 10.0. The Morgan fingerprint density at radius 2 is 1.55 bits per heavy atom. The van der Waals surface area contributed by atoms with Gasteiger partial charge in [0.2, 0.25) is 5.91 Å². The number of rotatable bonds is 5. The first kappa shape index (κ1) is 23.0. The van der Waals surface area contributed by atoms with Crippen LogP contribution in [0.3, 0.4) is 0 Å². The summed E-state index contributed by atoms with van der Waals surface area (Å²) in [7, 11) is -4.09. The minimum atomic E-state index is -4.09. The molecule has 0 aliphatic carbocycles. The lowest BCUT2D eigenvalue weighted by molar-refractivity contribution is -0.135. The van der Waals surface area contributed by atoms with E-state index in [4.69, 9.17) is 0 Å². The fourth-order valence-electron chi connectivity index (χ4n) is 4.31. The molecule has 174 valence electrons. The zero-order chi connectivity index (χ0) is 23.8. The highest BCUT2D eigenvalue weighted by atomic mass is 32.2. The summed E-state index contributed by atoms with van der Waals surface area (Å²) in [6.07, 6.45) is 0. The molecule has 2 aliphatic rings. The van der Waals surface area contributed by atoms with Crippen molar-refractivity contribution in [3.05, 3.63) is 71.3 Å². The molecule has 0 spiro atoms. The van der Waals surface area contributed by atoms with E-state index in [0.29, 0.717) is 37.7 Å². The average Bonchev–Trinajstić information content (AvgIpc) is 2.98. The van der Waals surface area contributed by atoms with Gasteiger partial charge in [0.1, 0.15) is 11.4 Å². The molecule has 1 saturated heterocycles. The van der Waals surface area contributed by atoms with Crippen molar-refractivity contribution in [3.8, 4) is 0 Å². The highest BCUT2D eigenvalue weighted by molar-refractivity contribution is 7.99. The Labute approximate surface area is 195 Å². The topological polar surface area (TPSA) is 78.0 Å². The fraction of sp³-hybridized carbons (Fsp3) is 0.360. The molecule has 2 aromatic rings. The van der Waals surface area contributed by atoms with Crippen LogP contribution in [0.1, 0.15) is 37.8 Å². The number of piperazine rings is 1. The standard InChI is InChI=1S/C25H29N3O4S/c1-18(2)20-9-11-21(12-10-20)24-19(3)25(30)28(33(24,31)32)17-23(29)27-15-13-26(14-16-27)22-7-5-4-6-8-22/h4-12,18H,13-17H2,1-3H3. The molecule has 2 aromatic carbocycles. The van der Waals surface area contributed by atoms with Crippen LogP contribution in [-0.2, 0) is 19.6 Å². The van der Waals surface area contributed by atoms with Gasteiger partial charge in [-0.3, -0.25) is 9.59 Å². The first-order valence-corrected chi connectivity index (χ1v) is 12.6. The molecule has 0 aromatic heterocycles. The minimum absolute atomic E-state index is 0.00972. The van der Waals surface area contributed by atoms with E-state index in [0.717, 1.165) is 15.6 Å². The van der Waals surface area contributed by atoms with E-state index in [1.54, 1.807) is 17.0 Å².